The molecule has 0 aromatic heterocycles. The molecule has 1 aromatic carbocycles. The van der Waals surface area contributed by atoms with Crippen molar-refractivity contribution in [2.45, 2.75) is 51.0 Å². The number of rotatable bonds is 3. The molecule has 0 spiro atoms. The van der Waals surface area contributed by atoms with Gasteiger partial charge in [-0.2, -0.15) is 0 Å². The standard InChI is InChI=1S/C18H24N2O2/c1-13(21)20-11-5-10-17(20)18(22)19-12-15-8-4-7-14-6-2-3-9-16(14)15/h2-3,6,9,15,17H,4-5,7-8,10-12H2,1H3,(H,19,22). The normalized spacial score (nSPS) is 24.0. The van der Waals surface area contributed by atoms with E-state index < -0.39 is 0 Å². The van der Waals surface area contributed by atoms with Crippen LogP contribution in [-0.2, 0) is 16.0 Å². The van der Waals surface area contributed by atoms with E-state index in [1.54, 1.807) is 11.8 Å². The van der Waals surface area contributed by atoms with E-state index in [0.717, 1.165) is 25.7 Å². The van der Waals surface area contributed by atoms with Gasteiger partial charge in [0.15, 0.2) is 0 Å². The lowest BCUT2D eigenvalue weighted by Gasteiger charge is -2.27. The number of hydrogen-bond donors (Lipinski definition) is 1. The van der Waals surface area contributed by atoms with Crippen molar-refractivity contribution in [1.29, 1.82) is 0 Å². The van der Waals surface area contributed by atoms with Gasteiger partial charge < -0.3 is 10.2 Å². The van der Waals surface area contributed by atoms with Crippen molar-refractivity contribution in [2.24, 2.45) is 0 Å². The molecule has 22 heavy (non-hydrogen) atoms. The topological polar surface area (TPSA) is 49.4 Å². The van der Waals surface area contributed by atoms with Gasteiger partial charge in [-0.25, -0.2) is 0 Å². The van der Waals surface area contributed by atoms with Crippen molar-refractivity contribution in [3.05, 3.63) is 35.4 Å². The minimum Gasteiger partial charge on any atom is -0.354 e. The number of amides is 2. The van der Waals surface area contributed by atoms with Gasteiger partial charge in [0.1, 0.15) is 6.04 Å². The summed E-state index contributed by atoms with van der Waals surface area (Å²) in [5.41, 5.74) is 2.79. The average Bonchev–Trinajstić information content (AvgIpc) is 3.02. The van der Waals surface area contributed by atoms with Gasteiger partial charge in [0.05, 0.1) is 0 Å². The van der Waals surface area contributed by atoms with Gasteiger partial charge in [-0.1, -0.05) is 24.3 Å². The van der Waals surface area contributed by atoms with Gasteiger partial charge in [0, 0.05) is 25.9 Å². The fourth-order valence-corrected chi connectivity index (χ4v) is 3.82. The number of carbonyl (C=O) groups is 2. The molecule has 2 amide bonds. The largest absolute Gasteiger partial charge is 0.354 e. The summed E-state index contributed by atoms with van der Waals surface area (Å²) in [5, 5.41) is 3.09. The molecule has 1 saturated heterocycles. The lowest BCUT2D eigenvalue weighted by molar-refractivity contribution is -0.136. The van der Waals surface area contributed by atoms with Crippen LogP contribution in [-0.4, -0.2) is 35.8 Å². The van der Waals surface area contributed by atoms with E-state index in [2.05, 4.69) is 29.6 Å². The van der Waals surface area contributed by atoms with E-state index in [9.17, 15) is 9.59 Å². The van der Waals surface area contributed by atoms with Gasteiger partial charge in [-0.15, -0.1) is 0 Å². The molecule has 1 heterocycles. The second-order valence-electron chi connectivity index (χ2n) is 6.40. The number of hydrogen-bond acceptors (Lipinski definition) is 2. The molecule has 1 aliphatic carbocycles. The lowest BCUT2D eigenvalue weighted by Crippen LogP contribution is -2.46. The minimum atomic E-state index is -0.267. The summed E-state index contributed by atoms with van der Waals surface area (Å²) in [5.74, 6) is 0.414. The van der Waals surface area contributed by atoms with E-state index in [0.29, 0.717) is 19.0 Å². The van der Waals surface area contributed by atoms with Crippen LogP contribution in [0.4, 0.5) is 0 Å². The monoisotopic (exact) mass is 300 g/mol. The van der Waals surface area contributed by atoms with Crippen molar-refractivity contribution < 1.29 is 9.59 Å². The van der Waals surface area contributed by atoms with E-state index in [-0.39, 0.29) is 17.9 Å². The molecule has 1 aliphatic heterocycles. The zero-order valence-corrected chi connectivity index (χ0v) is 13.2. The van der Waals surface area contributed by atoms with Crippen molar-refractivity contribution in [3.8, 4) is 0 Å². The summed E-state index contributed by atoms with van der Waals surface area (Å²) in [6.07, 6.45) is 5.15. The van der Waals surface area contributed by atoms with Crippen LogP contribution < -0.4 is 5.32 Å². The molecular formula is C18H24N2O2. The Hall–Kier alpha value is -1.84. The Morgan fingerprint density at radius 1 is 1.23 bits per heavy atom. The van der Waals surface area contributed by atoms with Crippen LogP contribution in [0.2, 0.25) is 0 Å². The van der Waals surface area contributed by atoms with Gasteiger partial charge >= 0.3 is 0 Å². The molecule has 1 fully saturated rings. The first-order chi connectivity index (χ1) is 10.7. The van der Waals surface area contributed by atoms with Crippen LogP contribution in [0.5, 0.6) is 0 Å². The summed E-state index contributed by atoms with van der Waals surface area (Å²) >= 11 is 0. The fourth-order valence-electron chi connectivity index (χ4n) is 3.82. The maximum atomic E-state index is 12.4. The van der Waals surface area contributed by atoms with Crippen molar-refractivity contribution in [2.75, 3.05) is 13.1 Å². The lowest BCUT2D eigenvalue weighted by atomic mass is 9.83. The quantitative estimate of drug-likeness (QED) is 0.930. The van der Waals surface area contributed by atoms with Crippen LogP contribution in [0.3, 0.4) is 0 Å². The Balaban J connectivity index is 1.61. The van der Waals surface area contributed by atoms with Crippen molar-refractivity contribution in [1.82, 2.24) is 10.2 Å². The van der Waals surface area contributed by atoms with E-state index in [4.69, 9.17) is 0 Å². The number of nitrogens with zero attached hydrogens (tertiary/aromatic N) is 1. The summed E-state index contributed by atoms with van der Waals surface area (Å²) in [6.45, 7) is 2.93. The summed E-state index contributed by atoms with van der Waals surface area (Å²) in [7, 11) is 0. The Labute approximate surface area is 131 Å². The minimum absolute atomic E-state index is 0.000613. The zero-order valence-electron chi connectivity index (χ0n) is 13.2. The Bertz CT molecular complexity index is 570. The highest BCUT2D eigenvalue weighted by atomic mass is 16.2. The molecule has 1 N–H and O–H groups in total. The molecule has 1 aromatic rings. The molecule has 3 rings (SSSR count). The number of nitrogens with one attached hydrogen (secondary N) is 1. The average molecular weight is 300 g/mol. The Morgan fingerprint density at radius 3 is 2.86 bits per heavy atom. The van der Waals surface area contributed by atoms with E-state index in [1.807, 2.05) is 0 Å². The van der Waals surface area contributed by atoms with Crippen LogP contribution in [0.1, 0.15) is 49.7 Å². The predicted octanol–water partition coefficient (Wildman–Crippen LogP) is 2.23. The molecule has 0 bridgehead atoms. The third-order valence-electron chi connectivity index (χ3n) is 4.98. The summed E-state index contributed by atoms with van der Waals surface area (Å²) in [6, 6.07) is 8.27. The maximum Gasteiger partial charge on any atom is 0.242 e. The van der Waals surface area contributed by atoms with Gasteiger partial charge in [-0.05, 0) is 43.2 Å². The van der Waals surface area contributed by atoms with E-state index in [1.165, 1.54) is 17.5 Å². The zero-order chi connectivity index (χ0) is 15.5. The second kappa shape index (κ2) is 6.51. The molecule has 2 aliphatic rings. The number of fused-ring (bicyclic) bond motifs is 1. The maximum absolute atomic E-state index is 12.4. The number of likely N-dealkylation sites (tertiary alicyclic amines) is 1. The number of aryl methyl sites for hydroxylation is 1. The molecule has 0 radical (unpaired) electrons. The van der Waals surface area contributed by atoms with Crippen LogP contribution in [0.25, 0.3) is 0 Å². The molecule has 4 nitrogen and oxygen atoms in total. The molecular weight excluding hydrogens is 276 g/mol. The Kier molecular flexibility index (Phi) is 4.46. The number of carbonyl (C=O) groups excluding carboxylic acids is 2. The second-order valence-corrected chi connectivity index (χ2v) is 6.40. The van der Waals surface area contributed by atoms with Crippen LogP contribution >= 0.6 is 0 Å². The highest BCUT2D eigenvalue weighted by Crippen LogP contribution is 2.31. The third kappa shape index (κ3) is 3.01. The van der Waals surface area contributed by atoms with E-state index >= 15 is 0 Å². The van der Waals surface area contributed by atoms with Crippen molar-refractivity contribution in [3.63, 3.8) is 0 Å². The smallest absolute Gasteiger partial charge is 0.242 e. The fraction of sp³-hybridized carbons (Fsp3) is 0.556. The number of benzene rings is 1. The van der Waals surface area contributed by atoms with Crippen LogP contribution in [0.15, 0.2) is 24.3 Å². The third-order valence-corrected chi connectivity index (χ3v) is 4.98. The molecule has 4 heteroatoms. The van der Waals surface area contributed by atoms with Crippen molar-refractivity contribution >= 4 is 11.8 Å². The van der Waals surface area contributed by atoms with Crippen LogP contribution in [0, 0.1) is 0 Å². The first-order valence-electron chi connectivity index (χ1n) is 8.29. The molecule has 2 unspecified atom stereocenters. The van der Waals surface area contributed by atoms with Gasteiger partial charge in [0.25, 0.3) is 0 Å². The van der Waals surface area contributed by atoms with Gasteiger partial charge in [-0.3, -0.25) is 9.59 Å². The summed E-state index contributed by atoms with van der Waals surface area (Å²) in [4.78, 5) is 25.7. The molecule has 2 atom stereocenters. The first-order valence-corrected chi connectivity index (χ1v) is 8.29. The van der Waals surface area contributed by atoms with Gasteiger partial charge in [0.2, 0.25) is 11.8 Å². The molecule has 0 saturated carbocycles. The Morgan fingerprint density at radius 2 is 2.05 bits per heavy atom. The summed E-state index contributed by atoms with van der Waals surface area (Å²) < 4.78 is 0. The highest BCUT2D eigenvalue weighted by molar-refractivity contribution is 5.87. The predicted molar refractivity (Wildman–Crippen MR) is 85.5 cm³/mol. The SMILES string of the molecule is CC(=O)N1CCCC1C(=O)NCC1CCCc2ccccc21. The molecule has 118 valence electrons. The first kappa shape index (κ1) is 15.1. The highest BCUT2D eigenvalue weighted by Gasteiger charge is 2.32.